The van der Waals surface area contributed by atoms with Crippen LogP contribution in [-0.2, 0) is 14.8 Å². The molecule has 20 heavy (non-hydrogen) atoms. The highest BCUT2D eigenvalue weighted by atomic mass is 32.2. The number of nitro groups is 1. The predicted octanol–water partition coefficient (Wildman–Crippen LogP) is -0.291. The van der Waals surface area contributed by atoms with Crippen LogP contribution >= 0.6 is 0 Å². The summed E-state index contributed by atoms with van der Waals surface area (Å²) in [6, 6.07) is 4.21. The molecule has 9 nitrogen and oxygen atoms in total. The Morgan fingerprint density at radius 1 is 1.35 bits per heavy atom. The molecule has 0 radical (unpaired) electrons. The standard InChI is InChI=1S/C10H12N2O7S/c13-9(10(14)15)5-6-11-20(18,19)8-3-1-7(2-4-8)12(16)17/h1-4,9,11,13H,5-6H2,(H,14,15)/t9-/m0/s1. The molecule has 0 aliphatic heterocycles. The number of nitrogens with one attached hydrogen (secondary N) is 1. The molecule has 0 spiro atoms. The summed E-state index contributed by atoms with van der Waals surface area (Å²) in [7, 11) is -3.90. The Balaban J connectivity index is 2.69. The predicted molar refractivity (Wildman–Crippen MR) is 66.5 cm³/mol. The van der Waals surface area contributed by atoms with E-state index in [1.54, 1.807) is 0 Å². The number of carboxylic acid groups (broad SMARTS) is 1. The minimum absolute atomic E-state index is 0.187. The summed E-state index contributed by atoms with van der Waals surface area (Å²) in [5.74, 6) is -1.44. The van der Waals surface area contributed by atoms with Gasteiger partial charge in [-0.1, -0.05) is 0 Å². The summed E-state index contributed by atoms with van der Waals surface area (Å²) >= 11 is 0. The number of hydrogen-bond acceptors (Lipinski definition) is 6. The third-order valence-electron chi connectivity index (χ3n) is 2.35. The van der Waals surface area contributed by atoms with Gasteiger partial charge in [0.15, 0.2) is 6.10 Å². The Morgan fingerprint density at radius 2 is 1.90 bits per heavy atom. The maximum atomic E-state index is 11.8. The summed E-state index contributed by atoms with van der Waals surface area (Å²) in [5, 5.41) is 27.8. The second-order valence-corrected chi connectivity index (χ2v) is 5.56. The van der Waals surface area contributed by atoms with Gasteiger partial charge in [0.25, 0.3) is 5.69 Å². The van der Waals surface area contributed by atoms with Gasteiger partial charge in [-0.3, -0.25) is 10.1 Å². The van der Waals surface area contributed by atoms with Gasteiger partial charge in [0.05, 0.1) is 9.82 Å². The number of nitrogens with zero attached hydrogens (tertiary/aromatic N) is 1. The number of carboxylic acids is 1. The van der Waals surface area contributed by atoms with Crippen molar-refractivity contribution in [1.82, 2.24) is 4.72 Å². The van der Waals surface area contributed by atoms with Crippen molar-refractivity contribution >= 4 is 21.7 Å². The van der Waals surface area contributed by atoms with Gasteiger partial charge in [0.2, 0.25) is 10.0 Å². The van der Waals surface area contributed by atoms with Crippen LogP contribution in [0, 0.1) is 10.1 Å². The number of nitro benzene ring substituents is 1. The molecule has 1 rings (SSSR count). The Hall–Kier alpha value is -2.04. The number of non-ortho nitro benzene ring substituents is 1. The number of sulfonamides is 1. The molecule has 0 fully saturated rings. The lowest BCUT2D eigenvalue weighted by molar-refractivity contribution is -0.384. The minimum atomic E-state index is -3.90. The largest absolute Gasteiger partial charge is 0.479 e. The van der Waals surface area contributed by atoms with Gasteiger partial charge < -0.3 is 10.2 Å². The van der Waals surface area contributed by atoms with Crippen LogP contribution in [0.15, 0.2) is 29.2 Å². The molecule has 0 heterocycles. The highest BCUT2D eigenvalue weighted by molar-refractivity contribution is 7.89. The van der Waals surface area contributed by atoms with Crippen molar-refractivity contribution in [1.29, 1.82) is 0 Å². The topological polar surface area (TPSA) is 147 Å². The zero-order valence-corrected chi connectivity index (χ0v) is 10.9. The summed E-state index contributed by atoms with van der Waals surface area (Å²) in [5.41, 5.74) is -0.245. The summed E-state index contributed by atoms with van der Waals surface area (Å²) in [4.78, 5) is 19.9. The SMILES string of the molecule is O=C(O)[C@@H](O)CCNS(=O)(=O)c1ccc([N+](=O)[O-])cc1. The van der Waals surface area contributed by atoms with Crippen LogP contribution < -0.4 is 4.72 Å². The molecule has 0 aliphatic rings. The van der Waals surface area contributed by atoms with Crippen LogP contribution in [-0.4, -0.2) is 42.2 Å². The first-order valence-corrected chi connectivity index (χ1v) is 6.87. The Labute approximate surface area is 114 Å². The first-order valence-electron chi connectivity index (χ1n) is 5.39. The van der Waals surface area contributed by atoms with Crippen LogP contribution in [0.1, 0.15) is 6.42 Å². The molecule has 1 atom stereocenters. The van der Waals surface area contributed by atoms with E-state index in [1.807, 2.05) is 0 Å². The first kappa shape index (κ1) is 16.0. The number of carbonyl (C=O) groups is 1. The Morgan fingerprint density at radius 3 is 2.35 bits per heavy atom. The molecule has 3 N–H and O–H groups in total. The number of aliphatic carboxylic acids is 1. The van der Waals surface area contributed by atoms with Gasteiger partial charge in [-0.15, -0.1) is 0 Å². The van der Waals surface area contributed by atoms with Crippen molar-refractivity contribution < 1.29 is 28.3 Å². The van der Waals surface area contributed by atoms with Crippen molar-refractivity contribution in [2.45, 2.75) is 17.4 Å². The normalized spacial score (nSPS) is 12.8. The molecule has 0 aliphatic carbocycles. The molecule has 0 unspecified atom stereocenters. The molecular formula is C10H12N2O7S. The van der Waals surface area contributed by atoms with Gasteiger partial charge in [0.1, 0.15) is 0 Å². The molecule has 1 aromatic rings. The molecule has 110 valence electrons. The van der Waals surface area contributed by atoms with E-state index in [1.165, 1.54) is 0 Å². The van der Waals surface area contributed by atoms with E-state index in [0.717, 1.165) is 24.3 Å². The average Bonchev–Trinajstić information content (AvgIpc) is 2.38. The van der Waals surface area contributed by atoms with E-state index in [9.17, 15) is 23.3 Å². The van der Waals surface area contributed by atoms with Gasteiger partial charge in [-0.25, -0.2) is 17.9 Å². The lowest BCUT2D eigenvalue weighted by atomic mass is 10.3. The van der Waals surface area contributed by atoms with Crippen LogP contribution in [0.25, 0.3) is 0 Å². The summed E-state index contributed by atoms with van der Waals surface area (Å²) in [6.07, 6.45) is -1.95. The second kappa shape index (κ2) is 6.41. The monoisotopic (exact) mass is 304 g/mol. The van der Waals surface area contributed by atoms with Crippen LogP contribution in [0.2, 0.25) is 0 Å². The number of aliphatic hydroxyl groups is 1. The van der Waals surface area contributed by atoms with Crippen LogP contribution in [0.4, 0.5) is 5.69 Å². The van der Waals surface area contributed by atoms with Crippen molar-refractivity contribution in [2.75, 3.05) is 6.54 Å². The minimum Gasteiger partial charge on any atom is -0.479 e. The molecule has 0 amide bonds. The quantitative estimate of drug-likeness (QED) is 0.463. The number of aliphatic hydroxyl groups excluding tert-OH is 1. The lowest BCUT2D eigenvalue weighted by Gasteiger charge is -2.08. The molecular weight excluding hydrogens is 292 g/mol. The van der Waals surface area contributed by atoms with Gasteiger partial charge in [0, 0.05) is 18.7 Å². The van der Waals surface area contributed by atoms with Crippen molar-refractivity contribution in [2.24, 2.45) is 0 Å². The lowest BCUT2D eigenvalue weighted by Crippen LogP contribution is -2.30. The fraction of sp³-hybridized carbons (Fsp3) is 0.300. The third kappa shape index (κ3) is 4.26. The van der Waals surface area contributed by atoms with Gasteiger partial charge in [-0.2, -0.15) is 0 Å². The maximum Gasteiger partial charge on any atom is 0.332 e. The van der Waals surface area contributed by atoms with E-state index in [0.29, 0.717) is 0 Å². The average molecular weight is 304 g/mol. The van der Waals surface area contributed by atoms with E-state index in [-0.39, 0.29) is 23.5 Å². The molecule has 0 saturated carbocycles. The second-order valence-electron chi connectivity index (χ2n) is 3.79. The van der Waals surface area contributed by atoms with E-state index in [2.05, 4.69) is 4.72 Å². The summed E-state index contributed by atoms with van der Waals surface area (Å²) < 4.78 is 25.6. The molecule has 10 heteroatoms. The maximum absolute atomic E-state index is 11.8. The van der Waals surface area contributed by atoms with E-state index in [4.69, 9.17) is 10.2 Å². The van der Waals surface area contributed by atoms with Crippen LogP contribution in [0.5, 0.6) is 0 Å². The molecule has 0 bridgehead atoms. The zero-order chi connectivity index (χ0) is 15.3. The molecule has 1 aromatic carbocycles. The van der Waals surface area contributed by atoms with Gasteiger partial charge >= 0.3 is 5.97 Å². The Bertz CT molecular complexity index is 597. The zero-order valence-electron chi connectivity index (χ0n) is 10.1. The highest BCUT2D eigenvalue weighted by Crippen LogP contribution is 2.15. The fourth-order valence-corrected chi connectivity index (χ4v) is 2.33. The van der Waals surface area contributed by atoms with Crippen molar-refractivity contribution in [3.05, 3.63) is 34.4 Å². The smallest absolute Gasteiger partial charge is 0.332 e. The number of hydrogen-bond donors (Lipinski definition) is 3. The third-order valence-corrected chi connectivity index (χ3v) is 3.83. The van der Waals surface area contributed by atoms with E-state index >= 15 is 0 Å². The first-order chi connectivity index (χ1) is 9.24. The highest BCUT2D eigenvalue weighted by Gasteiger charge is 2.18. The van der Waals surface area contributed by atoms with Crippen LogP contribution in [0.3, 0.4) is 0 Å². The Kier molecular flexibility index (Phi) is 5.13. The fourth-order valence-electron chi connectivity index (χ4n) is 1.28. The summed E-state index contributed by atoms with van der Waals surface area (Å²) in [6.45, 7) is -0.271. The number of rotatable bonds is 7. The number of benzene rings is 1. The van der Waals surface area contributed by atoms with Gasteiger partial charge in [-0.05, 0) is 18.6 Å². The van der Waals surface area contributed by atoms with Crippen molar-refractivity contribution in [3.8, 4) is 0 Å². The molecule has 0 aromatic heterocycles. The molecule has 0 saturated heterocycles. The van der Waals surface area contributed by atoms with Crippen molar-refractivity contribution in [3.63, 3.8) is 0 Å². The van der Waals surface area contributed by atoms with E-state index < -0.39 is 27.0 Å².